The molecule has 0 bridgehead atoms. The van der Waals surface area contributed by atoms with E-state index in [1.165, 1.54) is 7.05 Å². The van der Waals surface area contributed by atoms with Crippen LogP contribution >= 0.6 is 0 Å². The fourth-order valence-corrected chi connectivity index (χ4v) is 3.66. The lowest BCUT2D eigenvalue weighted by Crippen LogP contribution is -2.53. The third kappa shape index (κ3) is 3.90. The highest BCUT2D eigenvalue weighted by molar-refractivity contribution is 7.86. The molecule has 9 heteroatoms. The first-order valence-corrected chi connectivity index (χ1v) is 7.93. The van der Waals surface area contributed by atoms with E-state index in [9.17, 15) is 18.0 Å². The lowest BCUT2D eigenvalue weighted by atomic mass is 10.1. The Morgan fingerprint density at radius 3 is 2.60 bits per heavy atom. The Morgan fingerprint density at radius 2 is 2.05 bits per heavy atom. The molecule has 0 aliphatic carbocycles. The van der Waals surface area contributed by atoms with E-state index in [2.05, 4.69) is 5.32 Å². The number of likely N-dealkylation sites (N-methyl/N-ethyl adjacent to an activating group) is 2. The predicted molar refractivity (Wildman–Crippen MR) is 72.2 cm³/mol. The molecule has 1 unspecified atom stereocenters. The van der Waals surface area contributed by atoms with E-state index < -0.39 is 28.1 Å². The fourth-order valence-electron chi connectivity index (χ4n) is 2.14. The summed E-state index contributed by atoms with van der Waals surface area (Å²) in [5, 5.41) is 11.6. The minimum absolute atomic E-state index is 0.166. The van der Waals surface area contributed by atoms with Crippen molar-refractivity contribution < 1.29 is 23.1 Å². The molecule has 0 aromatic heterocycles. The molecule has 2 N–H and O–H groups in total. The number of carboxylic acids is 1. The van der Waals surface area contributed by atoms with E-state index in [-0.39, 0.29) is 13.1 Å². The third-order valence-corrected chi connectivity index (χ3v) is 5.12. The maximum atomic E-state index is 12.3. The Bertz CT molecular complexity index is 465. The summed E-state index contributed by atoms with van der Waals surface area (Å²) in [7, 11) is -2.67. The van der Waals surface area contributed by atoms with Crippen LogP contribution in [0, 0.1) is 0 Å². The van der Waals surface area contributed by atoms with E-state index in [0.29, 0.717) is 25.8 Å². The van der Waals surface area contributed by atoms with Crippen molar-refractivity contribution in [2.45, 2.75) is 32.2 Å². The first-order valence-electron chi connectivity index (χ1n) is 6.53. The number of nitrogens with one attached hydrogen (secondary N) is 1. The van der Waals surface area contributed by atoms with Crippen molar-refractivity contribution in [3.63, 3.8) is 0 Å². The molecule has 0 spiro atoms. The zero-order valence-electron chi connectivity index (χ0n) is 11.7. The maximum absolute atomic E-state index is 12.3. The second-order valence-corrected chi connectivity index (χ2v) is 6.67. The minimum atomic E-state index is -3.94. The molecule has 0 radical (unpaired) electrons. The largest absolute Gasteiger partial charge is 0.480 e. The van der Waals surface area contributed by atoms with Gasteiger partial charge in [-0.05, 0) is 26.2 Å². The highest BCUT2D eigenvalue weighted by Crippen LogP contribution is 2.22. The Kier molecular flexibility index (Phi) is 5.90. The summed E-state index contributed by atoms with van der Waals surface area (Å²) in [6.45, 7) is 1.99. The van der Waals surface area contributed by atoms with Crippen molar-refractivity contribution in [3.05, 3.63) is 0 Å². The van der Waals surface area contributed by atoms with Gasteiger partial charge in [-0.25, -0.2) is 0 Å². The topological polar surface area (TPSA) is 107 Å². The molecule has 1 aliphatic heterocycles. The van der Waals surface area contributed by atoms with Gasteiger partial charge < -0.3 is 10.4 Å². The van der Waals surface area contributed by atoms with Crippen molar-refractivity contribution in [1.29, 1.82) is 0 Å². The Morgan fingerprint density at radius 1 is 1.40 bits per heavy atom. The summed E-state index contributed by atoms with van der Waals surface area (Å²) in [5.74, 6) is -1.57. The molecule has 1 rings (SSSR count). The van der Waals surface area contributed by atoms with Crippen LogP contribution in [0.25, 0.3) is 0 Å². The highest BCUT2D eigenvalue weighted by Gasteiger charge is 2.39. The molecule has 0 aromatic carbocycles. The number of amides is 1. The molecular formula is C11H21N3O5S. The van der Waals surface area contributed by atoms with Crippen molar-refractivity contribution in [2.75, 3.05) is 26.7 Å². The van der Waals surface area contributed by atoms with Gasteiger partial charge in [0, 0.05) is 20.1 Å². The SMILES string of the molecule is CCNC(=O)CN(C)S(=O)(=O)N1CCCCC1C(=O)O. The summed E-state index contributed by atoms with van der Waals surface area (Å²) < 4.78 is 26.6. The van der Waals surface area contributed by atoms with E-state index in [0.717, 1.165) is 8.61 Å². The predicted octanol–water partition coefficient (Wildman–Crippen LogP) is -0.762. The molecule has 0 saturated carbocycles. The van der Waals surface area contributed by atoms with Crippen LogP contribution in [0.5, 0.6) is 0 Å². The smallest absolute Gasteiger partial charge is 0.322 e. The number of hydrogen-bond acceptors (Lipinski definition) is 4. The Balaban J connectivity index is 2.84. The summed E-state index contributed by atoms with van der Waals surface area (Å²) in [6, 6.07) is -1.05. The number of hydrogen-bond donors (Lipinski definition) is 2. The highest BCUT2D eigenvalue weighted by atomic mass is 32.2. The van der Waals surface area contributed by atoms with Crippen LogP contribution in [0.15, 0.2) is 0 Å². The number of piperidine rings is 1. The first-order chi connectivity index (χ1) is 9.30. The average molecular weight is 307 g/mol. The number of carbonyl (C=O) groups excluding carboxylic acids is 1. The molecule has 116 valence electrons. The maximum Gasteiger partial charge on any atom is 0.322 e. The van der Waals surface area contributed by atoms with Gasteiger partial charge in [0.05, 0.1) is 6.54 Å². The average Bonchev–Trinajstić information content (AvgIpc) is 2.38. The van der Waals surface area contributed by atoms with Gasteiger partial charge in [0.2, 0.25) is 5.91 Å². The van der Waals surface area contributed by atoms with Gasteiger partial charge in [0.15, 0.2) is 0 Å². The molecule has 1 aliphatic rings. The number of rotatable bonds is 6. The summed E-state index contributed by atoms with van der Waals surface area (Å²) >= 11 is 0. The van der Waals surface area contributed by atoms with Crippen LogP contribution in [0.3, 0.4) is 0 Å². The quantitative estimate of drug-likeness (QED) is 0.670. The number of carbonyl (C=O) groups is 2. The van der Waals surface area contributed by atoms with E-state index >= 15 is 0 Å². The van der Waals surface area contributed by atoms with E-state index in [1.807, 2.05) is 0 Å². The van der Waals surface area contributed by atoms with Crippen LogP contribution in [-0.4, -0.2) is 66.7 Å². The van der Waals surface area contributed by atoms with E-state index in [1.54, 1.807) is 6.92 Å². The van der Waals surface area contributed by atoms with Crippen molar-refractivity contribution in [3.8, 4) is 0 Å². The number of aliphatic carboxylic acids is 1. The molecule has 1 fully saturated rings. The normalized spacial score (nSPS) is 20.9. The van der Waals surface area contributed by atoms with Gasteiger partial charge in [-0.3, -0.25) is 9.59 Å². The molecule has 20 heavy (non-hydrogen) atoms. The zero-order chi connectivity index (χ0) is 15.3. The Hall–Kier alpha value is -1.19. The first kappa shape index (κ1) is 16.9. The zero-order valence-corrected chi connectivity index (χ0v) is 12.5. The van der Waals surface area contributed by atoms with Gasteiger partial charge in [-0.15, -0.1) is 0 Å². The van der Waals surface area contributed by atoms with Gasteiger partial charge >= 0.3 is 5.97 Å². The van der Waals surface area contributed by atoms with Crippen LogP contribution in [0.4, 0.5) is 0 Å². The van der Waals surface area contributed by atoms with Gasteiger partial charge in [0.25, 0.3) is 10.2 Å². The fraction of sp³-hybridized carbons (Fsp3) is 0.818. The molecule has 1 saturated heterocycles. The minimum Gasteiger partial charge on any atom is -0.480 e. The van der Waals surface area contributed by atoms with Crippen LogP contribution in [0.1, 0.15) is 26.2 Å². The van der Waals surface area contributed by atoms with Crippen LogP contribution < -0.4 is 5.32 Å². The standard InChI is InChI=1S/C11H21N3O5S/c1-3-12-10(15)8-13(2)20(18,19)14-7-5-4-6-9(14)11(16)17/h9H,3-8H2,1-2H3,(H,12,15)(H,16,17). The molecule has 0 aromatic rings. The molecule has 8 nitrogen and oxygen atoms in total. The molecule has 1 amide bonds. The number of nitrogens with zero attached hydrogens (tertiary/aromatic N) is 2. The summed E-state index contributed by atoms with van der Waals surface area (Å²) in [5.41, 5.74) is 0. The lowest BCUT2D eigenvalue weighted by molar-refractivity contribution is -0.142. The third-order valence-electron chi connectivity index (χ3n) is 3.17. The second-order valence-electron chi connectivity index (χ2n) is 4.68. The second kappa shape index (κ2) is 7.00. The van der Waals surface area contributed by atoms with Gasteiger partial charge in [-0.2, -0.15) is 17.0 Å². The van der Waals surface area contributed by atoms with E-state index in [4.69, 9.17) is 5.11 Å². The van der Waals surface area contributed by atoms with Gasteiger partial charge in [0.1, 0.15) is 6.04 Å². The summed E-state index contributed by atoms with van der Waals surface area (Å²) in [6.07, 6.45) is 1.60. The van der Waals surface area contributed by atoms with Crippen LogP contribution in [-0.2, 0) is 19.8 Å². The molecule has 1 heterocycles. The molecule has 1 atom stereocenters. The summed E-state index contributed by atoms with van der Waals surface area (Å²) in [4.78, 5) is 22.6. The molecular weight excluding hydrogens is 286 g/mol. The van der Waals surface area contributed by atoms with Crippen molar-refractivity contribution in [2.24, 2.45) is 0 Å². The van der Waals surface area contributed by atoms with Crippen molar-refractivity contribution in [1.82, 2.24) is 13.9 Å². The monoisotopic (exact) mass is 307 g/mol. The lowest BCUT2D eigenvalue weighted by Gasteiger charge is -2.34. The van der Waals surface area contributed by atoms with Crippen molar-refractivity contribution >= 4 is 22.1 Å². The van der Waals surface area contributed by atoms with Crippen LogP contribution in [0.2, 0.25) is 0 Å². The Labute approximate surface area is 118 Å². The number of carboxylic acid groups (broad SMARTS) is 1. The van der Waals surface area contributed by atoms with Gasteiger partial charge in [-0.1, -0.05) is 0 Å².